The maximum atomic E-state index is 12.3. The zero-order valence-electron chi connectivity index (χ0n) is 14.8. The van der Waals surface area contributed by atoms with Gasteiger partial charge in [-0.1, -0.05) is 12.7 Å². The molecule has 0 radical (unpaired) electrons. The summed E-state index contributed by atoms with van der Waals surface area (Å²) in [5.74, 6) is 0.409. The van der Waals surface area contributed by atoms with E-state index in [0.717, 1.165) is 6.26 Å². The number of hydrogen-bond donors (Lipinski definition) is 1. The fourth-order valence-electron chi connectivity index (χ4n) is 2.38. The fraction of sp³-hybridized carbons (Fsp3) is 0.211. The lowest BCUT2D eigenvalue weighted by Gasteiger charge is -2.20. The molecule has 26 heavy (non-hydrogen) atoms. The molecule has 1 N–H and O–H groups in total. The molecule has 2 aromatic rings. The van der Waals surface area contributed by atoms with E-state index in [0.29, 0.717) is 35.8 Å². The van der Waals surface area contributed by atoms with Crippen molar-refractivity contribution in [3.05, 3.63) is 66.7 Å². The van der Waals surface area contributed by atoms with Crippen LogP contribution in [0.3, 0.4) is 0 Å². The number of anilines is 2. The van der Waals surface area contributed by atoms with E-state index < -0.39 is 10.0 Å². The van der Waals surface area contributed by atoms with Crippen LogP contribution in [-0.4, -0.2) is 33.7 Å². The van der Waals surface area contributed by atoms with Crippen LogP contribution >= 0.6 is 0 Å². The van der Waals surface area contributed by atoms with Gasteiger partial charge in [0.25, 0.3) is 5.91 Å². The lowest BCUT2D eigenvalue weighted by molar-refractivity contribution is 0.102. The highest BCUT2D eigenvalue weighted by Crippen LogP contribution is 2.20. The summed E-state index contributed by atoms with van der Waals surface area (Å²) in [7, 11) is -3.35. The van der Waals surface area contributed by atoms with Gasteiger partial charge in [0.2, 0.25) is 10.0 Å². The standard InChI is InChI=1S/C19H22N2O4S/c1-4-14-25-18-12-8-16(9-13-18)20-19(22)15-6-10-17(11-7-15)21(5-2)26(3,23)24/h4,6-13H,1,5,14H2,2-3H3,(H,20,22). The van der Waals surface area contributed by atoms with Crippen molar-refractivity contribution in [2.75, 3.05) is 29.0 Å². The topological polar surface area (TPSA) is 75.7 Å². The van der Waals surface area contributed by atoms with E-state index in [9.17, 15) is 13.2 Å². The average molecular weight is 374 g/mol. The molecule has 7 heteroatoms. The van der Waals surface area contributed by atoms with Gasteiger partial charge in [0, 0.05) is 17.8 Å². The van der Waals surface area contributed by atoms with E-state index in [-0.39, 0.29) is 5.91 Å². The molecule has 0 heterocycles. The number of carbonyl (C=O) groups excluding carboxylic acids is 1. The van der Waals surface area contributed by atoms with E-state index in [2.05, 4.69) is 11.9 Å². The second-order valence-corrected chi connectivity index (χ2v) is 7.46. The van der Waals surface area contributed by atoms with Crippen LogP contribution in [-0.2, 0) is 10.0 Å². The molecule has 6 nitrogen and oxygen atoms in total. The molecule has 0 saturated heterocycles. The molecule has 0 aliphatic rings. The Morgan fingerprint density at radius 1 is 1.15 bits per heavy atom. The maximum absolute atomic E-state index is 12.3. The van der Waals surface area contributed by atoms with Crippen molar-refractivity contribution < 1.29 is 17.9 Å². The van der Waals surface area contributed by atoms with Gasteiger partial charge in [0.15, 0.2) is 0 Å². The van der Waals surface area contributed by atoms with Gasteiger partial charge in [-0.15, -0.1) is 0 Å². The molecular weight excluding hydrogens is 352 g/mol. The van der Waals surface area contributed by atoms with Crippen LogP contribution in [0.4, 0.5) is 11.4 Å². The van der Waals surface area contributed by atoms with Crippen molar-refractivity contribution in [3.63, 3.8) is 0 Å². The molecule has 2 rings (SSSR count). The van der Waals surface area contributed by atoms with Crippen molar-refractivity contribution >= 4 is 27.3 Å². The average Bonchev–Trinajstić information content (AvgIpc) is 2.61. The third kappa shape index (κ3) is 5.10. The lowest BCUT2D eigenvalue weighted by atomic mass is 10.2. The Morgan fingerprint density at radius 2 is 1.77 bits per heavy atom. The summed E-state index contributed by atoms with van der Waals surface area (Å²) < 4.78 is 30.2. The van der Waals surface area contributed by atoms with Gasteiger partial charge >= 0.3 is 0 Å². The van der Waals surface area contributed by atoms with Gasteiger partial charge in [0.1, 0.15) is 12.4 Å². The second kappa shape index (κ2) is 8.53. The molecule has 0 aromatic heterocycles. The monoisotopic (exact) mass is 374 g/mol. The smallest absolute Gasteiger partial charge is 0.255 e. The van der Waals surface area contributed by atoms with Crippen molar-refractivity contribution in [2.24, 2.45) is 0 Å². The highest BCUT2D eigenvalue weighted by Gasteiger charge is 2.15. The van der Waals surface area contributed by atoms with Gasteiger partial charge in [-0.3, -0.25) is 9.10 Å². The van der Waals surface area contributed by atoms with E-state index in [4.69, 9.17) is 4.74 Å². The SMILES string of the molecule is C=CCOc1ccc(NC(=O)c2ccc(N(CC)S(C)(=O)=O)cc2)cc1. The number of amides is 1. The predicted octanol–water partition coefficient (Wildman–Crippen LogP) is 3.29. The Balaban J connectivity index is 2.07. The summed E-state index contributed by atoms with van der Waals surface area (Å²) in [6, 6.07) is 13.4. The summed E-state index contributed by atoms with van der Waals surface area (Å²) in [4.78, 5) is 12.3. The Labute approximate surface area is 154 Å². The zero-order chi connectivity index (χ0) is 19.2. The van der Waals surface area contributed by atoms with Crippen LogP contribution < -0.4 is 14.4 Å². The summed E-state index contributed by atoms with van der Waals surface area (Å²) >= 11 is 0. The molecule has 2 aromatic carbocycles. The van der Waals surface area contributed by atoms with Gasteiger partial charge < -0.3 is 10.1 Å². The molecule has 138 valence electrons. The number of ether oxygens (including phenoxy) is 1. The molecule has 0 bridgehead atoms. The first-order valence-electron chi connectivity index (χ1n) is 8.08. The third-order valence-electron chi connectivity index (χ3n) is 3.59. The fourth-order valence-corrected chi connectivity index (χ4v) is 3.35. The minimum atomic E-state index is -3.35. The summed E-state index contributed by atoms with van der Waals surface area (Å²) in [5, 5.41) is 2.79. The first kappa shape index (κ1) is 19.5. The molecule has 0 unspecified atom stereocenters. The lowest BCUT2D eigenvalue weighted by Crippen LogP contribution is -2.29. The number of sulfonamides is 1. The molecule has 0 aliphatic heterocycles. The first-order chi connectivity index (χ1) is 12.3. The van der Waals surface area contributed by atoms with E-state index in [1.165, 1.54) is 4.31 Å². The Bertz CT molecular complexity index is 859. The Morgan fingerprint density at radius 3 is 2.27 bits per heavy atom. The summed E-state index contributed by atoms with van der Waals surface area (Å²) in [6.45, 7) is 6.08. The van der Waals surface area contributed by atoms with Crippen LogP contribution in [0.15, 0.2) is 61.2 Å². The number of carbonyl (C=O) groups is 1. The second-order valence-electron chi connectivity index (χ2n) is 5.55. The van der Waals surface area contributed by atoms with Crippen molar-refractivity contribution in [1.29, 1.82) is 0 Å². The van der Waals surface area contributed by atoms with E-state index in [1.807, 2.05) is 0 Å². The molecule has 0 atom stereocenters. The number of rotatable bonds is 8. The van der Waals surface area contributed by atoms with E-state index in [1.54, 1.807) is 61.5 Å². The van der Waals surface area contributed by atoms with Gasteiger partial charge in [-0.2, -0.15) is 0 Å². The molecular formula is C19H22N2O4S. The largest absolute Gasteiger partial charge is 0.490 e. The van der Waals surface area contributed by atoms with Crippen LogP contribution in [0.5, 0.6) is 5.75 Å². The van der Waals surface area contributed by atoms with Crippen molar-refractivity contribution in [1.82, 2.24) is 0 Å². The van der Waals surface area contributed by atoms with E-state index >= 15 is 0 Å². The Kier molecular flexibility index (Phi) is 6.41. The van der Waals surface area contributed by atoms with Crippen LogP contribution in [0.1, 0.15) is 17.3 Å². The van der Waals surface area contributed by atoms with Crippen molar-refractivity contribution in [2.45, 2.75) is 6.92 Å². The van der Waals surface area contributed by atoms with Gasteiger partial charge in [-0.25, -0.2) is 8.42 Å². The number of nitrogens with zero attached hydrogens (tertiary/aromatic N) is 1. The molecule has 0 fully saturated rings. The quantitative estimate of drug-likeness (QED) is 0.720. The third-order valence-corrected chi connectivity index (χ3v) is 4.85. The summed E-state index contributed by atoms with van der Waals surface area (Å²) in [6.07, 6.45) is 2.81. The molecule has 0 spiro atoms. The molecule has 1 amide bonds. The van der Waals surface area contributed by atoms with Gasteiger partial charge in [0.05, 0.1) is 11.9 Å². The van der Waals surface area contributed by atoms with Gasteiger partial charge in [-0.05, 0) is 55.5 Å². The van der Waals surface area contributed by atoms with Crippen LogP contribution in [0.2, 0.25) is 0 Å². The first-order valence-corrected chi connectivity index (χ1v) is 9.93. The summed E-state index contributed by atoms with van der Waals surface area (Å²) in [5.41, 5.74) is 1.59. The number of benzene rings is 2. The highest BCUT2D eigenvalue weighted by molar-refractivity contribution is 7.92. The molecule has 0 aliphatic carbocycles. The van der Waals surface area contributed by atoms with Crippen molar-refractivity contribution in [3.8, 4) is 5.75 Å². The number of hydrogen-bond acceptors (Lipinski definition) is 4. The normalized spacial score (nSPS) is 10.8. The maximum Gasteiger partial charge on any atom is 0.255 e. The predicted molar refractivity (Wildman–Crippen MR) is 104 cm³/mol. The molecule has 0 saturated carbocycles. The number of nitrogens with one attached hydrogen (secondary N) is 1. The van der Waals surface area contributed by atoms with Crippen LogP contribution in [0, 0.1) is 0 Å². The zero-order valence-corrected chi connectivity index (χ0v) is 15.6. The minimum absolute atomic E-state index is 0.279. The van der Waals surface area contributed by atoms with Crippen LogP contribution in [0.25, 0.3) is 0 Å². The highest BCUT2D eigenvalue weighted by atomic mass is 32.2. The minimum Gasteiger partial charge on any atom is -0.490 e. The Hall–Kier alpha value is -2.80.